The van der Waals surface area contributed by atoms with Gasteiger partial charge in [-0.15, -0.1) is 11.3 Å². The van der Waals surface area contributed by atoms with Gasteiger partial charge in [0.25, 0.3) is 0 Å². The van der Waals surface area contributed by atoms with Crippen molar-refractivity contribution in [2.75, 3.05) is 11.9 Å². The molecule has 1 N–H and O–H groups in total. The second-order valence-electron chi connectivity index (χ2n) is 7.05. The number of ether oxygens (including phenoxy) is 1. The average Bonchev–Trinajstić information content (AvgIpc) is 3.36. The van der Waals surface area contributed by atoms with Crippen LogP contribution in [0.2, 0.25) is 0 Å². The van der Waals surface area contributed by atoms with Crippen molar-refractivity contribution in [2.45, 2.75) is 58.7 Å². The van der Waals surface area contributed by atoms with Crippen molar-refractivity contribution in [3.63, 3.8) is 0 Å². The summed E-state index contributed by atoms with van der Waals surface area (Å²) in [4.78, 5) is 25.6. The average molecular weight is 508 g/mol. The number of hydrogen-bond donors (Lipinski definition) is 1. The second-order valence-corrected chi connectivity index (χ2v) is 9.07. The first-order valence-electron chi connectivity index (χ1n) is 9.44. The first-order chi connectivity index (χ1) is 14.0. The molecule has 1 amide bonds. The lowest BCUT2D eigenvalue weighted by Crippen LogP contribution is -2.18. The van der Waals surface area contributed by atoms with Gasteiger partial charge in [-0.05, 0) is 55.1 Å². The summed E-state index contributed by atoms with van der Waals surface area (Å²) in [5.41, 5.74) is 0.548. The minimum absolute atomic E-state index is 0.00439. The molecular weight excluding hydrogens is 487 g/mol. The molecule has 2 aromatic heterocycles. The third-order valence-electron chi connectivity index (χ3n) is 4.83. The Morgan fingerprint density at radius 1 is 1.33 bits per heavy atom. The number of thiophene rings is 1. The Bertz CT molecular complexity index is 980. The van der Waals surface area contributed by atoms with E-state index in [0.717, 1.165) is 23.3 Å². The predicted octanol–water partition coefficient (Wildman–Crippen LogP) is 5.43. The smallest absolute Gasteiger partial charge is 0.436 e. The zero-order valence-corrected chi connectivity index (χ0v) is 19.1. The molecule has 0 spiro atoms. The Morgan fingerprint density at radius 2 is 2.00 bits per heavy atom. The van der Waals surface area contributed by atoms with Gasteiger partial charge < -0.3 is 10.1 Å². The lowest BCUT2D eigenvalue weighted by molar-refractivity contribution is -0.142. The molecule has 1 aliphatic rings. The van der Waals surface area contributed by atoms with Crippen LogP contribution in [0.15, 0.2) is 4.47 Å². The van der Waals surface area contributed by atoms with E-state index in [0.29, 0.717) is 16.3 Å². The van der Waals surface area contributed by atoms with Gasteiger partial charge in [-0.3, -0.25) is 9.48 Å². The van der Waals surface area contributed by atoms with Crippen molar-refractivity contribution < 1.29 is 27.5 Å². The van der Waals surface area contributed by atoms with Crippen LogP contribution in [0, 0.1) is 13.8 Å². The zero-order valence-electron chi connectivity index (χ0n) is 16.7. The number of aryl methyl sites for hydroxylation is 2. The Kier molecular flexibility index (Phi) is 6.61. The van der Waals surface area contributed by atoms with E-state index in [9.17, 15) is 22.8 Å². The van der Waals surface area contributed by atoms with Crippen LogP contribution in [-0.2, 0) is 22.3 Å². The summed E-state index contributed by atoms with van der Waals surface area (Å²) in [6.45, 7) is 5.51. The maximum Gasteiger partial charge on any atom is 0.436 e. The van der Waals surface area contributed by atoms with Gasteiger partial charge in [-0.2, -0.15) is 18.3 Å². The van der Waals surface area contributed by atoms with E-state index in [2.05, 4.69) is 26.3 Å². The van der Waals surface area contributed by atoms with Gasteiger partial charge >= 0.3 is 12.1 Å². The predicted molar refractivity (Wildman–Crippen MR) is 110 cm³/mol. The number of nitrogens with one attached hydrogen (secondary N) is 1. The van der Waals surface area contributed by atoms with Gasteiger partial charge in [0.2, 0.25) is 5.91 Å². The Hall–Kier alpha value is -1.88. The van der Waals surface area contributed by atoms with E-state index in [1.807, 2.05) is 6.92 Å². The lowest BCUT2D eigenvalue weighted by atomic mass is 10.1. The van der Waals surface area contributed by atoms with E-state index in [1.54, 1.807) is 13.8 Å². The number of halogens is 4. The summed E-state index contributed by atoms with van der Waals surface area (Å²) in [6, 6.07) is 0. The molecule has 0 aliphatic heterocycles. The molecule has 0 aromatic carbocycles. The van der Waals surface area contributed by atoms with Crippen LogP contribution in [0.1, 0.15) is 64.3 Å². The molecule has 1 aliphatic carbocycles. The Labute approximate surface area is 183 Å². The normalized spacial score (nSPS) is 14.1. The number of aromatic nitrogens is 2. The van der Waals surface area contributed by atoms with Crippen molar-refractivity contribution in [3.05, 3.63) is 31.9 Å². The molecule has 30 heavy (non-hydrogen) atoms. The van der Waals surface area contributed by atoms with Crippen molar-refractivity contribution in [2.24, 2.45) is 0 Å². The summed E-state index contributed by atoms with van der Waals surface area (Å²) in [5.74, 6) is -0.913. The minimum atomic E-state index is -4.57. The number of amides is 1. The van der Waals surface area contributed by atoms with Crippen LogP contribution in [-0.4, -0.2) is 28.3 Å². The molecule has 0 saturated heterocycles. The first-order valence-corrected chi connectivity index (χ1v) is 11.1. The number of esters is 1. The molecule has 0 radical (unpaired) electrons. The summed E-state index contributed by atoms with van der Waals surface area (Å²) < 4.78 is 45.9. The fourth-order valence-corrected chi connectivity index (χ4v) is 5.01. The molecule has 3 rings (SSSR count). The highest BCUT2D eigenvalue weighted by Gasteiger charge is 2.41. The number of rotatable bonds is 7. The number of carbonyl (C=O) groups is 2. The molecular formula is C19H21BrF3N3O3S. The van der Waals surface area contributed by atoms with Gasteiger partial charge in [-0.25, -0.2) is 4.79 Å². The Morgan fingerprint density at radius 3 is 2.57 bits per heavy atom. The second kappa shape index (κ2) is 8.70. The summed E-state index contributed by atoms with van der Waals surface area (Å²) >= 11 is 4.30. The molecule has 164 valence electrons. The standard InChI is InChI=1S/C19H21BrF3N3O3S/c1-4-29-18(28)13-9(2)10(3)30-17(13)24-12(27)7-8-26-15(11-5-6-11)14(20)16(25-26)19(21,22)23/h11H,4-8H2,1-3H3,(H,24,27). The number of anilines is 1. The van der Waals surface area contributed by atoms with Crippen molar-refractivity contribution >= 4 is 44.1 Å². The highest BCUT2D eigenvalue weighted by molar-refractivity contribution is 9.10. The van der Waals surface area contributed by atoms with E-state index >= 15 is 0 Å². The molecule has 0 unspecified atom stereocenters. The summed E-state index contributed by atoms with van der Waals surface area (Å²) in [6.07, 6.45) is -3.06. The van der Waals surface area contributed by atoms with E-state index in [1.165, 1.54) is 16.0 Å². The third kappa shape index (κ3) is 4.72. The van der Waals surface area contributed by atoms with Crippen molar-refractivity contribution in [3.8, 4) is 0 Å². The molecule has 1 fully saturated rings. The van der Waals surface area contributed by atoms with Crippen LogP contribution in [0.4, 0.5) is 18.2 Å². The topological polar surface area (TPSA) is 73.2 Å². The monoisotopic (exact) mass is 507 g/mol. The largest absolute Gasteiger partial charge is 0.462 e. The SMILES string of the molecule is CCOC(=O)c1c(NC(=O)CCn2nc(C(F)(F)F)c(Br)c2C2CC2)sc(C)c1C. The quantitative estimate of drug-likeness (QED) is 0.507. The van der Waals surface area contributed by atoms with Gasteiger partial charge in [0.1, 0.15) is 5.00 Å². The molecule has 2 aromatic rings. The van der Waals surface area contributed by atoms with Crippen LogP contribution in [0.5, 0.6) is 0 Å². The maximum absolute atomic E-state index is 13.2. The van der Waals surface area contributed by atoms with Crippen LogP contribution >= 0.6 is 27.3 Å². The molecule has 0 bridgehead atoms. The fraction of sp³-hybridized carbons (Fsp3) is 0.526. The van der Waals surface area contributed by atoms with Gasteiger partial charge in [-0.1, -0.05) is 0 Å². The number of alkyl halides is 3. The molecule has 1 saturated carbocycles. The van der Waals surface area contributed by atoms with Crippen LogP contribution in [0.25, 0.3) is 0 Å². The van der Waals surface area contributed by atoms with Gasteiger partial charge in [0.15, 0.2) is 5.69 Å². The van der Waals surface area contributed by atoms with Crippen molar-refractivity contribution in [1.29, 1.82) is 0 Å². The Balaban J connectivity index is 1.75. The van der Waals surface area contributed by atoms with Gasteiger partial charge in [0, 0.05) is 17.2 Å². The first kappa shape index (κ1) is 22.8. The van der Waals surface area contributed by atoms with Crippen molar-refractivity contribution in [1.82, 2.24) is 9.78 Å². The highest BCUT2D eigenvalue weighted by Crippen LogP contribution is 2.47. The molecule has 6 nitrogen and oxygen atoms in total. The number of hydrogen-bond acceptors (Lipinski definition) is 5. The number of carbonyl (C=O) groups excluding carboxylic acids is 2. The van der Waals surface area contributed by atoms with Crippen LogP contribution < -0.4 is 5.32 Å². The highest BCUT2D eigenvalue weighted by atomic mass is 79.9. The van der Waals surface area contributed by atoms with E-state index in [4.69, 9.17) is 4.74 Å². The minimum Gasteiger partial charge on any atom is -0.462 e. The van der Waals surface area contributed by atoms with E-state index in [-0.39, 0.29) is 30.0 Å². The summed E-state index contributed by atoms with van der Waals surface area (Å²) in [7, 11) is 0. The lowest BCUT2D eigenvalue weighted by Gasteiger charge is -2.09. The maximum atomic E-state index is 13.2. The molecule has 0 atom stereocenters. The molecule has 2 heterocycles. The third-order valence-corrected chi connectivity index (χ3v) is 6.74. The van der Waals surface area contributed by atoms with Gasteiger partial charge in [0.05, 0.1) is 28.9 Å². The fourth-order valence-electron chi connectivity index (χ4n) is 3.11. The zero-order chi connectivity index (χ0) is 22.2. The number of nitrogens with zero attached hydrogens (tertiary/aromatic N) is 2. The molecule has 11 heteroatoms. The summed E-state index contributed by atoms with van der Waals surface area (Å²) in [5, 5.41) is 6.79. The van der Waals surface area contributed by atoms with E-state index < -0.39 is 23.7 Å². The van der Waals surface area contributed by atoms with Crippen LogP contribution in [0.3, 0.4) is 0 Å².